The molecule has 4 atom stereocenters. The fourth-order valence-corrected chi connectivity index (χ4v) is 3.95. The molecule has 0 bridgehead atoms. The molecule has 0 spiro atoms. The zero-order valence-corrected chi connectivity index (χ0v) is 22.3. The zero-order chi connectivity index (χ0) is 30.5. The van der Waals surface area contributed by atoms with Gasteiger partial charge < -0.3 is 54.1 Å². The lowest BCUT2D eigenvalue weighted by atomic mass is 10.0. The number of aliphatic imine (C=N–C) groups is 1. The van der Waals surface area contributed by atoms with Gasteiger partial charge in [-0.25, -0.2) is 4.79 Å². The third-order valence-electron chi connectivity index (χ3n) is 6.14. The number of benzene rings is 1. The Bertz CT molecular complexity index is 1260. The van der Waals surface area contributed by atoms with Gasteiger partial charge in [0.2, 0.25) is 23.6 Å². The number of rotatable bonds is 17. The van der Waals surface area contributed by atoms with E-state index in [4.69, 9.17) is 22.9 Å². The molecule has 16 nitrogen and oxygen atoms in total. The highest BCUT2D eigenvalue weighted by Gasteiger charge is 2.31. The highest BCUT2D eigenvalue weighted by atomic mass is 16.4. The van der Waals surface area contributed by atoms with Crippen LogP contribution in [0.3, 0.4) is 0 Å². The quantitative estimate of drug-likeness (QED) is 0.0514. The molecule has 14 N–H and O–H groups in total. The maximum absolute atomic E-state index is 13.4. The predicted molar refractivity (Wildman–Crippen MR) is 149 cm³/mol. The number of carbonyl (C=O) groups excluding carboxylic acids is 4. The highest BCUT2D eigenvalue weighted by molar-refractivity contribution is 5.95. The normalized spacial score (nSPS) is 13.8. The Morgan fingerprint density at radius 2 is 1.54 bits per heavy atom. The van der Waals surface area contributed by atoms with Gasteiger partial charge in [0.1, 0.15) is 24.2 Å². The van der Waals surface area contributed by atoms with Crippen molar-refractivity contribution in [3.8, 4) is 0 Å². The minimum Gasteiger partial charge on any atom is -0.480 e. The second kappa shape index (κ2) is 15.8. The van der Waals surface area contributed by atoms with Crippen molar-refractivity contribution in [1.29, 1.82) is 0 Å². The summed E-state index contributed by atoms with van der Waals surface area (Å²) in [5.41, 5.74) is 22.8. The molecule has 0 aliphatic carbocycles. The number of aliphatic hydroxyl groups excluding tert-OH is 1. The minimum atomic E-state index is -1.37. The van der Waals surface area contributed by atoms with Crippen LogP contribution in [0.15, 0.2) is 35.5 Å². The Morgan fingerprint density at radius 1 is 0.902 bits per heavy atom. The molecule has 1 aromatic carbocycles. The van der Waals surface area contributed by atoms with Crippen LogP contribution in [0.25, 0.3) is 10.9 Å². The summed E-state index contributed by atoms with van der Waals surface area (Å²) in [7, 11) is 0. The smallest absolute Gasteiger partial charge is 0.326 e. The number of fused-ring (bicyclic) bond motifs is 1. The van der Waals surface area contributed by atoms with Crippen molar-refractivity contribution in [2.45, 2.75) is 56.3 Å². The average molecular weight is 576 g/mol. The lowest BCUT2D eigenvalue weighted by Crippen LogP contribution is -2.58. The van der Waals surface area contributed by atoms with Crippen molar-refractivity contribution < 1.29 is 34.2 Å². The first-order valence-corrected chi connectivity index (χ1v) is 12.8. The number of aliphatic hydroxyl groups is 1. The van der Waals surface area contributed by atoms with Crippen molar-refractivity contribution >= 4 is 46.5 Å². The number of carboxylic acids is 1. The number of carboxylic acid groups (broad SMARTS) is 1. The molecular formula is C25H37N9O7. The van der Waals surface area contributed by atoms with Crippen LogP contribution in [0.1, 0.15) is 31.2 Å². The number of aromatic nitrogens is 1. The highest BCUT2D eigenvalue weighted by Crippen LogP contribution is 2.19. The lowest BCUT2D eigenvalue weighted by Gasteiger charge is -2.25. The third-order valence-corrected chi connectivity index (χ3v) is 6.14. The van der Waals surface area contributed by atoms with Gasteiger partial charge in [0, 0.05) is 36.5 Å². The Hall–Kier alpha value is -4.70. The number of hydrogen-bond donors (Lipinski definition) is 10. The Balaban J connectivity index is 2.25. The summed E-state index contributed by atoms with van der Waals surface area (Å²) < 4.78 is 0. The summed E-state index contributed by atoms with van der Waals surface area (Å²) in [5.74, 6) is -4.73. The molecule has 1 heterocycles. The van der Waals surface area contributed by atoms with E-state index in [9.17, 15) is 34.2 Å². The number of nitrogens with one attached hydrogen (secondary N) is 4. The van der Waals surface area contributed by atoms with E-state index in [0.717, 1.165) is 10.9 Å². The minimum absolute atomic E-state index is 0.0212. The molecule has 0 saturated heterocycles. The van der Waals surface area contributed by atoms with Gasteiger partial charge in [-0.1, -0.05) is 18.2 Å². The number of guanidine groups is 1. The predicted octanol–water partition coefficient (Wildman–Crippen LogP) is -3.11. The fraction of sp³-hybridized carbons (Fsp3) is 0.440. The monoisotopic (exact) mass is 575 g/mol. The van der Waals surface area contributed by atoms with Gasteiger partial charge in [-0.3, -0.25) is 24.2 Å². The first-order valence-electron chi connectivity index (χ1n) is 12.8. The zero-order valence-electron chi connectivity index (χ0n) is 22.3. The van der Waals surface area contributed by atoms with Crippen LogP contribution in [-0.2, 0) is 30.4 Å². The molecule has 4 unspecified atom stereocenters. The molecule has 0 fully saturated rings. The second-order valence-corrected chi connectivity index (χ2v) is 9.33. The number of para-hydroxylation sites is 1. The Labute approximate surface area is 235 Å². The van der Waals surface area contributed by atoms with Crippen LogP contribution in [-0.4, -0.2) is 88.1 Å². The molecule has 1 aromatic heterocycles. The second-order valence-electron chi connectivity index (χ2n) is 9.33. The van der Waals surface area contributed by atoms with Gasteiger partial charge in [0.25, 0.3) is 0 Å². The number of carbonyl (C=O) groups is 5. The Kier molecular flexibility index (Phi) is 12.5. The van der Waals surface area contributed by atoms with Crippen LogP contribution in [0.2, 0.25) is 0 Å². The van der Waals surface area contributed by atoms with Crippen LogP contribution in [0.4, 0.5) is 0 Å². The summed E-state index contributed by atoms with van der Waals surface area (Å²) >= 11 is 0. The first kappa shape index (κ1) is 32.5. The largest absolute Gasteiger partial charge is 0.480 e. The number of H-pyrrole nitrogens is 1. The molecule has 41 heavy (non-hydrogen) atoms. The fourth-order valence-electron chi connectivity index (χ4n) is 3.95. The third kappa shape index (κ3) is 10.4. The molecule has 4 amide bonds. The maximum Gasteiger partial charge on any atom is 0.326 e. The van der Waals surface area contributed by atoms with Crippen molar-refractivity contribution in [3.63, 3.8) is 0 Å². The van der Waals surface area contributed by atoms with E-state index >= 15 is 0 Å². The van der Waals surface area contributed by atoms with Gasteiger partial charge in [-0.2, -0.15) is 0 Å². The molecule has 0 saturated carbocycles. The van der Waals surface area contributed by atoms with Crippen LogP contribution in [0.5, 0.6) is 0 Å². The van der Waals surface area contributed by atoms with Gasteiger partial charge in [-0.05, 0) is 30.9 Å². The number of nitrogens with zero attached hydrogens (tertiary/aromatic N) is 1. The van der Waals surface area contributed by atoms with Gasteiger partial charge in [0.15, 0.2) is 5.96 Å². The number of aliphatic carboxylic acids is 1. The summed E-state index contributed by atoms with van der Waals surface area (Å²) in [5, 5.41) is 26.9. The SMILES string of the molecule is NC(=O)CCC(NC(=O)C(Cc1c[nH]c2ccccc12)NC(=O)C(N)CO)C(=O)NC(CCCN=C(N)N)C(=O)O. The number of nitrogens with two attached hydrogens (primary N) is 4. The number of aromatic amines is 1. The van der Waals surface area contributed by atoms with E-state index in [1.165, 1.54) is 0 Å². The van der Waals surface area contributed by atoms with Crippen molar-refractivity contribution in [2.75, 3.05) is 13.2 Å². The van der Waals surface area contributed by atoms with Gasteiger partial charge in [-0.15, -0.1) is 0 Å². The standard InChI is InChI=1S/C25H37N9O7/c26-15(12-35)21(37)34-19(10-13-11-31-16-5-2-1-4-14(13)16)23(39)32-17(7-8-20(27)36)22(38)33-18(24(40)41)6-3-9-30-25(28)29/h1-2,4-5,11,15,17-19,31,35H,3,6-10,12,26H2,(H2,27,36)(H,32,39)(H,33,38)(H,34,37)(H,40,41)(H4,28,29,30). The van der Waals surface area contributed by atoms with Crippen LogP contribution < -0.4 is 38.9 Å². The molecule has 2 aromatic rings. The van der Waals surface area contributed by atoms with Crippen LogP contribution >= 0.6 is 0 Å². The van der Waals surface area contributed by atoms with Gasteiger partial charge in [0.05, 0.1) is 6.61 Å². The van der Waals surface area contributed by atoms with E-state index in [1.54, 1.807) is 12.3 Å². The lowest BCUT2D eigenvalue weighted by molar-refractivity contribution is -0.142. The van der Waals surface area contributed by atoms with Crippen LogP contribution in [0, 0.1) is 0 Å². The topological polar surface area (TPSA) is 294 Å². The molecular weight excluding hydrogens is 538 g/mol. The molecule has 224 valence electrons. The van der Waals surface area contributed by atoms with E-state index in [2.05, 4.69) is 25.9 Å². The molecule has 0 aliphatic rings. The summed E-state index contributed by atoms with van der Waals surface area (Å²) in [4.78, 5) is 69.0. The van der Waals surface area contributed by atoms with Crippen molar-refractivity contribution in [3.05, 3.63) is 36.0 Å². The van der Waals surface area contributed by atoms with E-state index < -0.39 is 60.4 Å². The summed E-state index contributed by atoms with van der Waals surface area (Å²) in [6.45, 7) is -0.536. The van der Waals surface area contributed by atoms with Gasteiger partial charge >= 0.3 is 5.97 Å². The van der Waals surface area contributed by atoms with E-state index in [-0.39, 0.29) is 44.6 Å². The van der Waals surface area contributed by atoms with Crippen molar-refractivity contribution in [1.82, 2.24) is 20.9 Å². The average Bonchev–Trinajstić information content (AvgIpc) is 3.33. The summed E-state index contributed by atoms with van der Waals surface area (Å²) in [6, 6.07) is 2.00. The molecule has 0 aliphatic heterocycles. The van der Waals surface area contributed by atoms with E-state index in [0.29, 0.717) is 5.56 Å². The molecule has 2 rings (SSSR count). The number of amides is 4. The maximum atomic E-state index is 13.4. The molecule has 0 radical (unpaired) electrons. The van der Waals surface area contributed by atoms with E-state index in [1.807, 2.05) is 18.2 Å². The number of hydrogen-bond acceptors (Lipinski definition) is 8. The first-order chi connectivity index (χ1) is 19.4. The molecule has 16 heteroatoms. The number of primary amides is 1. The summed E-state index contributed by atoms with van der Waals surface area (Å²) in [6.07, 6.45) is 1.32. The van der Waals surface area contributed by atoms with Crippen molar-refractivity contribution in [2.24, 2.45) is 27.9 Å². The Morgan fingerprint density at radius 3 is 2.17 bits per heavy atom.